The lowest BCUT2D eigenvalue weighted by molar-refractivity contribution is -0.268. The van der Waals surface area contributed by atoms with Gasteiger partial charge in [-0.15, -0.1) is 0 Å². The van der Waals surface area contributed by atoms with Gasteiger partial charge in [-0.25, -0.2) is 15.0 Å². The number of ether oxygens (including phenoxy) is 2. The average Bonchev–Trinajstić information content (AvgIpc) is 3.04. The number of amides is 1. The average molecular weight is 580 g/mol. The highest BCUT2D eigenvalue weighted by Gasteiger charge is 2.38. The van der Waals surface area contributed by atoms with Crippen LogP contribution in [0, 0.1) is 5.92 Å². The van der Waals surface area contributed by atoms with Crippen LogP contribution in [0.3, 0.4) is 0 Å². The SMILES string of the molecule is C[C@H]1[C@@H](CSc2ncccn2)O[C@@H](c2cccc(NC(=O)c3cnc4ccccc4n3)c2)O[C@H]1c1ccc(CO)cc1. The summed E-state index contributed by atoms with van der Waals surface area (Å²) in [7, 11) is 0. The first-order valence-electron chi connectivity index (χ1n) is 13.6. The van der Waals surface area contributed by atoms with Gasteiger partial charge in [-0.1, -0.05) is 67.2 Å². The molecule has 1 aliphatic heterocycles. The molecule has 0 radical (unpaired) electrons. The van der Waals surface area contributed by atoms with Crippen molar-refractivity contribution in [1.82, 2.24) is 19.9 Å². The van der Waals surface area contributed by atoms with Crippen molar-refractivity contribution in [3.63, 3.8) is 0 Å². The molecule has 2 N–H and O–H groups in total. The molecule has 6 rings (SSSR count). The predicted octanol–water partition coefficient (Wildman–Crippen LogP) is 5.75. The van der Waals surface area contributed by atoms with E-state index in [9.17, 15) is 9.90 Å². The number of nitrogens with zero attached hydrogens (tertiary/aromatic N) is 4. The lowest BCUT2D eigenvalue weighted by atomic mass is 9.91. The number of anilines is 1. The highest BCUT2D eigenvalue weighted by molar-refractivity contribution is 7.99. The molecule has 3 heterocycles. The Morgan fingerprint density at radius 1 is 0.905 bits per heavy atom. The first-order valence-corrected chi connectivity index (χ1v) is 14.6. The van der Waals surface area contributed by atoms with Gasteiger partial charge < -0.3 is 19.9 Å². The Kier molecular flexibility index (Phi) is 8.47. The number of aliphatic hydroxyl groups is 1. The van der Waals surface area contributed by atoms with Crippen molar-refractivity contribution in [3.05, 3.63) is 120 Å². The number of nitrogens with one attached hydrogen (secondary N) is 1. The summed E-state index contributed by atoms with van der Waals surface area (Å²) in [5.41, 5.74) is 4.80. The van der Waals surface area contributed by atoms with E-state index in [4.69, 9.17) is 9.47 Å². The Morgan fingerprint density at radius 2 is 1.69 bits per heavy atom. The zero-order valence-electron chi connectivity index (χ0n) is 22.8. The Labute approximate surface area is 247 Å². The standard InChI is InChI=1S/C32H29N5O4S/c1-20-28(19-42-32-33-14-5-15-34-32)40-31(41-29(20)22-12-10-21(18-38)11-13-22)23-6-4-7-24(16-23)36-30(39)27-17-35-25-8-2-3-9-26(25)37-27/h2-17,20,28-29,31,38H,18-19H2,1H3,(H,36,39)/t20-,28+,29+,31+/m0/s1. The minimum atomic E-state index is -0.677. The fourth-order valence-electron chi connectivity index (χ4n) is 4.85. The van der Waals surface area contributed by atoms with Crippen LogP contribution in [0.25, 0.3) is 11.0 Å². The number of carbonyl (C=O) groups is 1. The van der Waals surface area contributed by atoms with Crippen LogP contribution in [0.1, 0.15) is 46.5 Å². The van der Waals surface area contributed by atoms with Crippen LogP contribution in [-0.4, -0.2) is 42.8 Å². The van der Waals surface area contributed by atoms with Gasteiger partial charge in [0, 0.05) is 35.3 Å². The van der Waals surface area contributed by atoms with Gasteiger partial charge >= 0.3 is 0 Å². The summed E-state index contributed by atoms with van der Waals surface area (Å²) in [6, 6.07) is 24.4. The molecule has 0 aliphatic carbocycles. The third-order valence-corrected chi connectivity index (χ3v) is 8.10. The van der Waals surface area contributed by atoms with E-state index in [-0.39, 0.29) is 36.3 Å². The van der Waals surface area contributed by atoms with Crippen LogP contribution in [0.15, 0.2) is 103 Å². The molecule has 9 nitrogen and oxygen atoms in total. The van der Waals surface area contributed by atoms with E-state index in [0.29, 0.717) is 22.1 Å². The molecule has 2 aromatic heterocycles. The third kappa shape index (κ3) is 6.32. The van der Waals surface area contributed by atoms with E-state index in [0.717, 1.165) is 22.2 Å². The maximum absolute atomic E-state index is 13.0. The van der Waals surface area contributed by atoms with Crippen LogP contribution in [0.2, 0.25) is 0 Å². The number of para-hydroxylation sites is 2. The van der Waals surface area contributed by atoms with Gasteiger partial charge in [0.1, 0.15) is 5.69 Å². The van der Waals surface area contributed by atoms with E-state index in [1.165, 1.54) is 18.0 Å². The van der Waals surface area contributed by atoms with Gasteiger partial charge in [-0.2, -0.15) is 0 Å². The summed E-state index contributed by atoms with van der Waals surface area (Å²) in [5.74, 6) is 0.295. The number of hydrogen-bond acceptors (Lipinski definition) is 9. The molecule has 0 unspecified atom stereocenters. The molecule has 1 fully saturated rings. The molecule has 1 saturated heterocycles. The molecule has 42 heavy (non-hydrogen) atoms. The lowest BCUT2D eigenvalue weighted by Gasteiger charge is -2.41. The number of rotatable bonds is 8. The second-order valence-electron chi connectivity index (χ2n) is 9.99. The number of fused-ring (bicyclic) bond motifs is 1. The minimum absolute atomic E-state index is 0.0202. The molecule has 0 saturated carbocycles. The Balaban J connectivity index is 1.23. The molecule has 1 aliphatic rings. The quantitative estimate of drug-likeness (QED) is 0.175. The normalized spacial score (nSPS) is 20.3. The van der Waals surface area contributed by atoms with Crippen molar-refractivity contribution in [2.24, 2.45) is 5.92 Å². The smallest absolute Gasteiger partial charge is 0.275 e. The van der Waals surface area contributed by atoms with Crippen molar-refractivity contribution >= 4 is 34.4 Å². The van der Waals surface area contributed by atoms with Crippen LogP contribution in [-0.2, 0) is 16.1 Å². The number of aliphatic hydroxyl groups excluding tert-OH is 1. The highest BCUT2D eigenvalue weighted by atomic mass is 32.2. The molecule has 0 spiro atoms. The lowest BCUT2D eigenvalue weighted by Crippen LogP contribution is -2.38. The molecular weight excluding hydrogens is 550 g/mol. The second-order valence-corrected chi connectivity index (χ2v) is 11.0. The molecular formula is C32H29N5O4S. The van der Waals surface area contributed by atoms with Crippen molar-refractivity contribution in [3.8, 4) is 0 Å². The summed E-state index contributed by atoms with van der Waals surface area (Å²) >= 11 is 1.54. The predicted molar refractivity (Wildman–Crippen MR) is 160 cm³/mol. The maximum atomic E-state index is 13.0. The van der Waals surface area contributed by atoms with E-state index in [1.54, 1.807) is 18.5 Å². The Hall–Kier alpha value is -4.22. The number of carbonyl (C=O) groups excluding carboxylic acids is 1. The molecule has 4 atom stereocenters. The maximum Gasteiger partial charge on any atom is 0.275 e. The fraction of sp³-hybridized carbons (Fsp3) is 0.219. The largest absolute Gasteiger partial charge is 0.392 e. The van der Waals surface area contributed by atoms with Crippen LogP contribution in [0.5, 0.6) is 0 Å². The Bertz CT molecular complexity index is 1670. The molecule has 212 valence electrons. The zero-order chi connectivity index (χ0) is 28.9. The van der Waals surface area contributed by atoms with E-state index >= 15 is 0 Å². The van der Waals surface area contributed by atoms with E-state index < -0.39 is 6.29 Å². The van der Waals surface area contributed by atoms with Gasteiger partial charge in [0.25, 0.3) is 5.91 Å². The van der Waals surface area contributed by atoms with Gasteiger partial charge in [-0.05, 0) is 41.5 Å². The number of thioether (sulfide) groups is 1. The number of benzene rings is 3. The van der Waals surface area contributed by atoms with E-state index in [1.807, 2.05) is 72.8 Å². The summed E-state index contributed by atoms with van der Waals surface area (Å²) < 4.78 is 13.1. The first-order chi connectivity index (χ1) is 20.6. The van der Waals surface area contributed by atoms with Crippen molar-refractivity contribution < 1.29 is 19.4 Å². The number of hydrogen-bond donors (Lipinski definition) is 2. The zero-order valence-corrected chi connectivity index (χ0v) is 23.6. The first kappa shape index (κ1) is 27.9. The van der Waals surface area contributed by atoms with Gasteiger partial charge in [-0.3, -0.25) is 9.78 Å². The van der Waals surface area contributed by atoms with Gasteiger partial charge in [0.05, 0.1) is 36.0 Å². The molecule has 5 aromatic rings. The second kappa shape index (κ2) is 12.7. The summed E-state index contributed by atoms with van der Waals surface area (Å²) in [4.78, 5) is 30.5. The van der Waals surface area contributed by atoms with E-state index in [2.05, 4.69) is 32.2 Å². The van der Waals surface area contributed by atoms with Gasteiger partial charge in [0.2, 0.25) is 0 Å². The Morgan fingerprint density at radius 3 is 2.48 bits per heavy atom. The number of aromatic nitrogens is 4. The highest BCUT2D eigenvalue weighted by Crippen LogP contribution is 2.43. The monoisotopic (exact) mass is 579 g/mol. The van der Waals surface area contributed by atoms with Crippen molar-refractivity contribution in [2.75, 3.05) is 11.1 Å². The minimum Gasteiger partial charge on any atom is -0.392 e. The van der Waals surface area contributed by atoms with Crippen LogP contribution >= 0.6 is 11.8 Å². The summed E-state index contributed by atoms with van der Waals surface area (Å²) in [5, 5.41) is 13.1. The van der Waals surface area contributed by atoms with Crippen molar-refractivity contribution in [1.29, 1.82) is 0 Å². The summed E-state index contributed by atoms with van der Waals surface area (Å²) in [6.07, 6.45) is 3.81. The summed E-state index contributed by atoms with van der Waals surface area (Å²) in [6.45, 7) is 2.09. The fourth-order valence-corrected chi connectivity index (χ4v) is 5.82. The molecule has 0 bridgehead atoms. The van der Waals surface area contributed by atoms with Gasteiger partial charge in [0.15, 0.2) is 11.4 Å². The topological polar surface area (TPSA) is 119 Å². The van der Waals surface area contributed by atoms with Crippen molar-refractivity contribution in [2.45, 2.75) is 37.2 Å². The molecule has 1 amide bonds. The molecule has 10 heteroatoms. The van der Waals surface area contributed by atoms with Crippen LogP contribution < -0.4 is 5.32 Å². The molecule has 3 aromatic carbocycles. The van der Waals surface area contributed by atoms with Crippen LogP contribution in [0.4, 0.5) is 5.69 Å². The third-order valence-electron chi connectivity index (χ3n) is 7.14.